The Bertz CT molecular complexity index is 498. The molecule has 5 nitrogen and oxygen atoms in total. The predicted molar refractivity (Wildman–Crippen MR) is 57.2 cm³/mol. The molecule has 0 atom stereocenters. The molecule has 7 heteroatoms. The van der Waals surface area contributed by atoms with E-state index >= 15 is 0 Å². The number of carboxylic acids is 1. The molecule has 1 aromatic heterocycles. The van der Waals surface area contributed by atoms with Crippen LogP contribution in [0.15, 0.2) is 9.83 Å². The van der Waals surface area contributed by atoms with Crippen molar-refractivity contribution in [3.63, 3.8) is 0 Å². The molecule has 1 heterocycles. The maximum Gasteiger partial charge on any atom is 0.349 e. The molecule has 0 unspecified atom stereocenters. The summed E-state index contributed by atoms with van der Waals surface area (Å²) in [6, 6.07) is 0. The molecule has 0 saturated carbocycles. The molecule has 1 rings (SSSR count). The van der Waals surface area contributed by atoms with E-state index in [4.69, 9.17) is 28.3 Å². The van der Waals surface area contributed by atoms with E-state index in [1.165, 1.54) is 11.6 Å². The number of H-pyrrole nitrogens is 1. The Morgan fingerprint density at radius 3 is 2.40 bits per heavy atom. The number of nitrogens with one attached hydrogen (secondary N) is 1. The molecule has 0 saturated heterocycles. The molecule has 15 heavy (non-hydrogen) atoms. The van der Waals surface area contributed by atoms with Crippen molar-refractivity contribution in [1.82, 2.24) is 9.78 Å². The Morgan fingerprint density at radius 1 is 1.53 bits per heavy atom. The standard InChI is InChI=1S/C8H8Cl2N2O3/c1-3-5(9)7(13)11-12(3)4(2)6(10)8(14)15/h1-2H3,(H,11,13)(H,14,15)/b6-4-. The van der Waals surface area contributed by atoms with Gasteiger partial charge in [0.2, 0.25) is 0 Å². The van der Waals surface area contributed by atoms with Crippen LogP contribution in [0.1, 0.15) is 12.6 Å². The van der Waals surface area contributed by atoms with Crippen LogP contribution in [0.2, 0.25) is 5.02 Å². The van der Waals surface area contributed by atoms with Gasteiger partial charge in [0.15, 0.2) is 0 Å². The maximum atomic E-state index is 11.1. The Labute approximate surface area is 94.9 Å². The van der Waals surface area contributed by atoms with Crippen LogP contribution in [-0.4, -0.2) is 20.9 Å². The summed E-state index contributed by atoms with van der Waals surface area (Å²) in [4.78, 5) is 21.7. The first-order valence-electron chi connectivity index (χ1n) is 3.93. The van der Waals surface area contributed by atoms with Crippen LogP contribution in [0.5, 0.6) is 0 Å². The van der Waals surface area contributed by atoms with Crippen LogP contribution in [0.4, 0.5) is 0 Å². The average Bonchev–Trinajstić information content (AvgIpc) is 2.43. The van der Waals surface area contributed by atoms with Crippen molar-refractivity contribution in [3.05, 3.63) is 26.1 Å². The van der Waals surface area contributed by atoms with Gasteiger partial charge in [-0.2, -0.15) is 0 Å². The molecule has 0 radical (unpaired) electrons. The smallest absolute Gasteiger partial charge is 0.349 e. The minimum atomic E-state index is -1.26. The zero-order valence-electron chi connectivity index (χ0n) is 7.97. The number of carboxylic acid groups (broad SMARTS) is 1. The molecule has 0 amide bonds. The summed E-state index contributed by atoms with van der Waals surface area (Å²) < 4.78 is 1.24. The van der Waals surface area contributed by atoms with Crippen molar-refractivity contribution in [2.24, 2.45) is 0 Å². The molecular weight excluding hydrogens is 243 g/mol. The first-order chi connectivity index (χ1) is 6.86. The minimum Gasteiger partial charge on any atom is -0.477 e. The number of aromatic nitrogens is 2. The second kappa shape index (κ2) is 4.12. The van der Waals surface area contributed by atoms with E-state index in [2.05, 4.69) is 5.10 Å². The van der Waals surface area contributed by atoms with Crippen LogP contribution >= 0.6 is 23.2 Å². The summed E-state index contributed by atoms with van der Waals surface area (Å²) in [5.74, 6) is -1.26. The van der Waals surface area contributed by atoms with Gasteiger partial charge >= 0.3 is 5.97 Å². The summed E-state index contributed by atoms with van der Waals surface area (Å²) in [5, 5.41) is 10.7. The highest BCUT2D eigenvalue weighted by Crippen LogP contribution is 2.18. The zero-order valence-corrected chi connectivity index (χ0v) is 9.48. The monoisotopic (exact) mass is 250 g/mol. The van der Waals surface area contributed by atoms with Gasteiger partial charge in [-0.1, -0.05) is 23.2 Å². The van der Waals surface area contributed by atoms with Crippen molar-refractivity contribution in [2.45, 2.75) is 13.8 Å². The predicted octanol–water partition coefficient (Wildman–Crippen LogP) is 1.65. The van der Waals surface area contributed by atoms with Crippen LogP contribution in [-0.2, 0) is 4.79 Å². The van der Waals surface area contributed by atoms with Crippen molar-refractivity contribution in [2.75, 3.05) is 0 Å². The first-order valence-corrected chi connectivity index (χ1v) is 4.69. The van der Waals surface area contributed by atoms with E-state index in [1.807, 2.05) is 0 Å². The SMILES string of the molecule is C/C(=C(/Cl)C(=O)O)n1[nH]c(=O)c(Cl)c1C. The number of aromatic amines is 1. The number of rotatable bonds is 2. The number of aliphatic carboxylic acids is 1. The van der Waals surface area contributed by atoms with Gasteiger partial charge in [0.05, 0.1) is 11.4 Å². The Hall–Kier alpha value is -1.20. The molecule has 2 N–H and O–H groups in total. The molecule has 1 aromatic rings. The molecular formula is C8H8Cl2N2O3. The fourth-order valence-corrected chi connectivity index (χ4v) is 1.30. The van der Waals surface area contributed by atoms with Gasteiger partial charge in [0.1, 0.15) is 10.1 Å². The number of carbonyl (C=O) groups is 1. The third-order valence-electron chi connectivity index (χ3n) is 1.91. The van der Waals surface area contributed by atoms with E-state index in [-0.39, 0.29) is 15.8 Å². The Balaban J connectivity index is 3.42. The second-order valence-corrected chi connectivity index (χ2v) is 3.64. The van der Waals surface area contributed by atoms with Gasteiger partial charge in [-0.15, -0.1) is 0 Å². The molecule has 0 spiro atoms. The van der Waals surface area contributed by atoms with Gasteiger partial charge in [-0.25, -0.2) is 4.79 Å². The second-order valence-electron chi connectivity index (χ2n) is 2.88. The highest BCUT2D eigenvalue weighted by molar-refractivity contribution is 6.43. The van der Waals surface area contributed by atoms with Crippen LogP contribution < -0.4 is 5.56 Å². The topological polar surface area (TPSA) is 75.1 Å². The molecule has 0 fully saturated rings. The summed E-state index contributed by atoms with van der Waals surface area (Å²) in [6.07, 6.45) is 0. The van der Waals surface area contributed by atoms with E-state index in [0.29, 0.717) is 5.69 Å². The van der Waals surface area contributed by atoms with Crippen LogP contribution in [0.3, 0.4) is 0 Å². The minimum absolute atomic E-state index is 0.0178. The zero-order chi connectivity index (χ0) is 11.7. The van der Waals surface area contributed by atoms with Crippen molar-refractivity contribution in [3.8, 4) is 0 Å². The molecule has 82 valence electrons. The lowest BCUT2D eigenvalue weighted by atomic mass is 10.4. The molecule has 0 aliphatic carbocycles. The van der Waals surface area contributed by atoms with Crippen molar-refractivity contribution >= 4 is 34.9 Å². The third kappa shape index (κ3) is 2.08. The van der Waals surface area contributed by atoms with Crippen molar-refractivity contribution in [1.29, 1.82) is 0 Å². The van der Waals surface area contributed by atoms with Gasteiger partial charge in [-0.3, -0.25) is 14.6 Å². The van der Waals surface area contributed by atoms with Gasteiger partial charge in [0.25, 0.3) is 5.56 Å². The van der Waals surface area contributed by atoms with E-state index in [9.17, 15) is 9.59 Å². The summed E-state index contributed by atoms with van der Waals surface area (Å²) in [5.41, 5.74) is 0.132. The van der Waals surface area contributed by atoms with E-state index in [1.54, 1.807) is 6.92 Å². The van der Waals surface area contributed by atoms with Gasteiger partial charge < -0.3 is 5.11 Å². The first kappa shape index (κ1) is 11.9. The highest BCUT2D eigenvalue weighted by atomic mass is 35.5. The lowest BCUT2D eigenvalue weighted by molar-refractivity contribution is -0.131. The molecule has 0 bridgehead atoms. The van der Waals surface area contributed by atoms with Gasteiger partial charge in [0, 0.05) is 0 Å². The maximum absolute atomic E-state index is 11.1. The highest BCUT2D eigenvalue weighted by Gasteiger charge is 2.14. The summed E-state index contributed by atoms with van der Waals surface area (Å²) in [7, 11) is 0. The van der Waals surface area contributed by atoms with Crippen LogP contribution in [0.25, 0.3) is 5.70 Å². The average molecular weight is 251 g/mol. The quantitative estimate of drug-likeness (QED) is 0.784. The lowest BCUT2D eigenvalue weighted by Gasteiger charge is -2.06. The largest absolute Gasteiger partial charge is 0.477 e. The fourth-order valence-electron chi connectivity index (χ4n) is 1.09. The number of nitrogens with zero attached hydrogens (tertiary/aromatic N) is 1. The summed E-state index contributed by atoms with van der Waals surface area (Å²) in [6.45, 7) is 3.05. The third-order valence-corrected chi connectivity index (χ3v) is 2.79. The normalized spacial score (nSPS) is 12.5. The number of allylic oxidation sites excluding steroid dienone is 1. The Kier molecular flexibility index (Phi) is 3.26. The number of hydrogen-bond acceptors (Lipinski definition) is 2. The summed E-state index contributed by atoms with van der Waals surface area (Å²) >= 11 is 11.2. The van der Waals surface area contributed by atoms with Crippen LogP contribution in [0, 0.1) is 6.92 Å². The Morgan fingerprint density at radius 2 is 2.07 bits per heavy atom. The number of halogens is 2. The number of hydrogen-bond donors (Lipinski definition) is 2. The fraction of sp³-hybridized carbons (Fsp3) is 0.250. The molecule has 0 aliphatic heterocycles. The van der Waals surface area contributed by atoms with E-state index < -0.39 is 11.5 Å². The van der Waals surface area contributed by atoms with Gasteiger partial charge in [-0.05, 0) is 13.8 Å². The molecule has 0 aliphatic rings. The van der Waals surface area contributed by atoms with Crippen molar-refractivity contribution < 1.29 is 9.90 Å². The van der Waals surface area contributed by atoms with E-state index in [0.717, 1.165) is 0 Å². The lowest BCUT2D eigenvalue weighted by Crippen LogP contribution is -2.08. The molecule has 0 aromatic carbocycles.